The van der Waals surface area contributed by atoms with Gasteiger partial charge in [-0.2, -0.15) is 0 Å². The molecule has 1 aliphatic carbocycles. The first-order valence-corrected chi connectivity index (χ1v) is 10.3. The summed E-state index contributed by atoms with van der Waals surface area (Å²) in [6, 6.07) is 13.8. The second kappa shape index (κ2) is 7.91. The van der Waals surface area contributed by atoms with Crippen LogP contribution in [0.25, 0.3) is 0 Å². The van der Waals surface area contributed by atoms with Crippen molar-refractivity contribution in [2.75, 3.05) is 12.4 Å². The lowest BCUT2D eigenvalue weighted by molar-refractivity contribution is -0.115. The van der Waals surface area contributed by atoms with E-state index in [1.807, 2.05) is 12.1 Å². The van der Waals surface area contributed by atoms with Crippen molar-refractivity contribution in [3.63, 3.8) is 0 Å². The maximum absolute atomic E-state index is 12.7. The lowest BCUT2D eigenvalue weighted by Gasteiger charge is -2.13. The number of anilines is 1. The Labute approximate surface area is 154 Å². The first-order valence-electron chi connectivity index (χ1n) is 8.76. The number of amides is 1. The molecule has 1 saturated carbocycles. The maximum atomic E-state index is 12.7. The number of methoxy groups -OCH3 is 1. The van der Waals surface area contributed by atoms with Crippen molar-refractivity contribution in [1.82, 2.24) is 0 Å². The Bertz CT molecular complexity index is 869. The monoisotopic (exact) mass is 373 g/mol. The zero-order chi connectivity index (χ0) is 18.6. The Kier molecular flexibility index (Phi) is 5.61. The van der Waals surface area contributed by atoms with E-state index < -0.39 is 9.84 Å². The van der Waals surface area contributed by atoms with Gasteiger partial charge in [-0.05, 0) is 48.7 Å². The van der Waals surface area contributed by atoms with E-state index in [-0.39, 0.29) is 22.5 Å². The van der Waals surface area contributed by atoms with Gasteiger partial charge in [0.15, 0.2) is 9.84 Å². The summed E-state index contributed by atoms with van der Waals surface area (Å²) >= 11 is 0. The number of hydrogen-bond donors (Lipinski definition) is 1. The predicted molar refractivity (Wildman–Crippen MR) is 101 cm³/mol. The van der Waals surface area contributed by atoms with E-state index in [4.69, 9.17) is 4.74 Å². The third-order valence-corrected chi connectivity index (χ3v) is 6.97. The summed E-state index contributed by atoms with van der Waals surface area (Å²) in [5, 5.41) is 2.49. The summed E-state index contributed by atoms with van der Waals surface area (Å²) in [5.74, 6) is 0.546. The molecule has 5 nitrogen and oxygen atoms in total. The molecule has 2 aromatic carbocycles. The van der Waals surface area contributed by atoms with Gasteiger partial charge in [-0.25, -0.2) is 8.42 Å². The van der Waals surface area contributed by atoms with Crippen LogP contribution in [0, 0.1) is 0 Å². The van der Waals surface area contributed by atoms with Gasteiger partial charge in [0.05, 0.1) is 23.7 Å². The van der Waals surface area contributed by atoms with Crippen molar-refractivity contribution in [2.45, 2.75) is 42.2 Å². The topological polar surface area (TPSA) is 72.5 Å². The number of nitrogens with one attached hydrogen (secondary N) is 1. The Hall–Kier alpha value is -2.34. The molecule has 0 bridgehead atoms. The minimum atomic E-state index is -3.33. The van der Waals surface area contributed by atoms with Gasteiger partial charge in [-0.15, -0.1) is 0 Å². The van der Waals surface area contributed by atoms with Crippen LogP contribution in [0.3, 0.4) is 0 Å². The average molecular weight is 373 g/mol. The fourth-order valence-corrected chi connectivity index (χ4v) is 5.17. The van der Waals surface area contributed by atoms with E-state index in [1.54, 1.807) is 43.5 Å². The van der Waals surface area contributed by atoms with Crippen LogP contribution < -0.4 is 10.1 Å². The smallest absolute Gasteiger partial charge is 0.228 e. The van der Waals surface area contributed by atoms with Crippen LogP contribution in [0.5, 0.6) is 5.75 Å². The standard InChI is InChI=1S/C20H23NO4S/c1-25-17-11-9-15(10-12-17)13-20(22)21-16-5-4-8-19(14-16)26(23,24)18-6-2-3-7-18/h4-5,8-12,14,18H,2-3,6-7,13H2,1H3,(H,21,22). The molecule has 0 unspecified atom stereocenters. The molecule has 3 rings (SSSR count). The van der Waals surface area contributed by atoms with Gasteiger partial charge in [-0.1, -0.05) is 31.0 Å². The van der Waals surface area contributed by atoms with Crippen molar-refractivity contribution < 1.29 is 17.9 Å². The van der Waals surface area contributed by atoms with Gasteiger partial charge in [-0.3, -0.25) is 4.79 Å². The van der Waals surface area contributed by atoms with E-state index in [1.165, 1.54) is 0 Å². The molecule has 1 N–H and O–H groups in total. The molecule has 0 atom stereocenters. The minimum Gasteiger partial charge on any atom is -0.497 e. The first kappa shape index (κ1) is 18.5. The lowest BCUT2D eigenvalue weighted by atomic mass is 10.1. The first-order chi connectivity index (χ1) is 12.5. The molecular formula is C20H23NO4S. The Morgan fingerprint density at radius 1 is 1.12 bits per heavy atom. The fraction of sp³-hybridized carbons (Fsp3) is 0.350. The highest BCUT2D eigenvalue weighted by molar-refractivity contribution is 7.92. The fourth-order valence-electron chi connectivity index (χ4n) is 3.28. The van der Waals surface area contributed by atoms with Gasteiger partial charge in [0, 0.05) is 5.69 Å². The van der Waals surface area contributed by atoms with Crippen molar-refractivity contribution in [1.29, 1.82) is 0 Å². The molecule has 0 saturated heterocycles. The molecule has 0 aromatic heterocycles. The van der Waals surface area contributed by atoms with Crippen LogP contribution in [-0.2, 0) is 21.1 Å². The largest absolute Gasteiger partial charge is 0.497 e. The SMILES string of the molecule is COc1ccc(CC(=O)Nc2cccc(S(=O)(=O)C3CCCC3)c2)cc1. The molecule has 138 valence electrons. The predicted octanol–water partition coefficient (Wildman–Crippen LogP) is 3.59. The number of hydrogen-bond acceptors (Lipinski definition) is 4. The third kappa shape index (κ3) is 4.25. The van der Waals surface area contributed by atoms with Crippen LogP contribution >= 0.6 is 0 Å². The second-order valence-corrected chi connectivity index (χ2v) is 8.78. The molecule has 1 aliphatic rings. The van der Waals surface area contributed by atoms with Crippen molar-refractivity contribution in [2.24, 2.45) is 0 Å². The van der Waals surface area contributed by atoms with E-state index in [2.05, 4.69) is 5.32 Å². The van der Waals surface area contributed by atoms with Gasteiger partial charge >= 0.3 is 0 Å². The zero-order valence-corrected chi connectivity index (χ0v) is 15.6. The third-order valence-electron chi connectivity index (χ3n) is 4.71. The molecule has 1 fully saturated rings. The van der Waals surface area contributed by atoms with Crippen molar-refractivity contribution >= 4 is 21.4 Å². The highest BCUT2D eigenvalue weighted by Crippen LogP contribution is 2.30. The second-order valence-electron chi connectivity index (χ2n) is 6.55. The average Bonchev–Trinajstić information content (AvgIpc) is 3.18. The van der Waals surface area contributed by atoms with E-state index >= 15 is 0 Å². The molecule has 6 heteroatoms. The van der Waals surface area contributed by atoms with Gasteiger partial charge < -0.3 is 10.1 Å². The highest BCUT2D eigenvalue weighted by atomic mass is 32.2. The highest BCUT2D eigenvalue weighted by Gasteiger charge is 2.30. The van der Waals surface area contributed by atoms with E-state index in [9.17, 15) is 13.2 Å². The number of benzene rings is 2. The quantitative estimate of drug-likeness (QED) is 0.840. The van der Waals surface area contributed by atoms with Crippen LogP contribution in [0.1, 0.15) is 31.2 Å². The van der Waals surface area contributed by atoms with E-state index in [0.717, 1.165) is 37.0 Å². The number of carbonyl (C=O) groups excluding carboxylic acids is 1. The summed E-state index contributed by atoms with van der Waals surface area (Å²) in [5.41, 5.74) is 1.36. The summed E-state index contributed by atoms with van der Waals surface area (Å²) in [6.07, 6.45) is 3.57. The van der Waals surface area contributed by atoms with Crippen molar-refractivity contribution in [3.05, 3.63) is 54.1 Å². The Balaban J connectivity index is 1.68. The molecule has 0 radical (unpaired) electrons. The molecular weight excluding hydrogens is 350 g/mol. The molecule has 0 spiro atoms. The molecule has 0 heterocycles. The molecule has 0 aliphatic heterocycles. The van der Waals surface area contributed by atoms with Gasteiger partial charge in [0.1, 0.15) is 5.75 Å². The summed E-state index contributed by atoms with van der Waals surface area (Å²) in [4.78, 5) is 12.5. The normalized spacial score (nSPS) is 15.0. The zero-order valence-electron chi connectivity index (χ0n) is 14.8. The van der Waals surface area contributed by atoms with Gasteiger partial charge in [0.25, 0.3) is 0 Å². The summed E-state index contributed by atoms with van der Waals surface area (Å²) in [7, 11) is -1.74. The number of rotatable bonds is 6. The molecule has 2 aromatic rings. The minimum absolute atomic E-state index is 0.189. The van der Waals surface area contributed by atoms with Crippen LogP contribution in [0.2, 0.25) is 0 Å². The Morgan fingerprint density at radius 2 is 1.81 bits per heavy atom. The number of ether oxygens (including phenoxy) is 1. The van der Waals surface area contributed by atoms with E-state index in [0.29, 0.717) is 5.69 Å². The maximum Gasteiger partial charge on any atom is 0.228 e. The summed E-state index contributed by atoms with van der Waals surface area (Å²) < 4.78 is 30.5. The summed E-state index contributed by atoms with van der Waals surface area (Å²) in [6.45, 7) is 0. The lowest BCUT2D eigenvalue weighted by Crippen LogP contribution is -2.18. The molecule has 26 heavy (non-hydrogen) atoms. The Morgan fingerprint density at radius 3 is 2.46 bits per heavy atom. The van der Waals surface area contributed by atoms with Crippen LogP contribution in [0.4, 0.5) is 5.69 Å². The van der Waals surface area contributed by atoms with Crippen molar-refractivity contribution in [3.8, 4) is 5.75 Å². The number of carbonyl (C=O) groups is 1. The number of sulfone groups is 1. The van der Waals surface area contributed by atoms with Crippen LogP contribution in [-0.4, -0.2) is 26.7 Å². The van der Waals surface area contributed by atoms with Crippen LogP contribution in [0.15, 0.2) is 53.4 Å². The van der Waals surface area contributed by atoms with Gasteiger partial charge in [0.2, 0.25) is 5.91 Å². The molecule has 1 amide bonds.